The van der Waals surface area contributed by atoms with Crippen LogP contribution in [0.5, 0.6) is 11.5 Å². The van der Waals surface area contributed by atoms with E-state index in [0.29, 0.717) is 24.3 Å². The average molecular weight is 402 g/mol. The second-order valence-corrected chi connectivity index (χ2v) is 7.12. The quantitative estimate of drug-likeness (QED) is 0.407. The average Bonchev–Trinajstić information content (AvgIpc) is 2.99. The predicted molar refractivity (Wildman–Crippen MR) is 117 cm³/mol. The maximum absolute atomic E-state index is 12.0. The van der Waals surface area contributed by atoms with Crippen LogP contribution in [0, 0.1) is 0 Å². The highest BCUT2D eigenvalue weighted by molar-refractivity contribution is 5.97. The van der Waals surface area contributed by atoms with Crippen LogP contribution in [0.2, 0.25) is 0 Å². The predicted octanol–water partition coefficient (Wildman–Crippen LogP) is 5.68. The van der Waals surface area contributed by atoms with Crippen LogP contribution in [0.15, 0.2) is 72.8 Å². The third kappa shape index (κ3) is 6.05. The second kappa shape index (κ2) is 11.0. The SMILES string of the molecule is COc1cccc(C=O)c1.O=C1CCCCc2cc(OCc3ccccc3)ccc21. The zero-order chi connectivity index (χ0) is 21.2. The van der Waals surface area contributed by atoms with Gasteiger partial charge in [0, 0.05) is 17.5 Å². The van der Waals surface area contributed by atoms with Gasteiger partial charge >= 0.3 is 0 Å². The molecule has 0 saturated heterocycles. The summed E-state index contributed by atoms with van der Waals surface area (Å²) in [7, 11) is 1.57. The van der Waals surface area contributed by atoms with Gasteiger partial charge < -0.3 is 9.47 Å². The maximum atomic E-state index is 12.0. The van der Waals surface area contributed by atoms with E-state index in [0.717, 1.165) is 48.0 Å². The van der Waals surface area contributed by atoms with E-state index in [1.165, 1.54) is 0 Å². The zero-order valence-electron chi connectivity index (χ0n) is 17.2. The summed E-state index contributed by atoms with van der Waals surface area (Å²) in [5.41, 5.74) is 3.81. The fraction of sp³-hybridized carbons (Fsp3) is 0.231. The van der Waals surface area contributed by atoms with Crippen molar-refractivity contribution >= 4 is 12.1 Å². The fourth-order valence-corrected chi connectivity index (χ4v) is 3.33. The molecule has 0 amide bonds. The van der Waals surface area contributed by atoms with Crippen LogP contribution < -0.4 is 9.47 Å². The summed E-state index contributed by atoms with van der Waals surface area (Å²) in [5.74, 6) is 1.83. The second-order valence-electron chi connectivity index (χ2n) is 7.12. The van der Waals surface area contributed by atoms with Crippen LogP contribution in [-0.2, 0) is 13.0 Å². The molecule has 0 aromatic heterocycles. The van der Waals surface area contributed by atoms with Crippen LogP contribution in [0.3, 0.4) is 0 Å². The lowest BCUT2D eigenvalue weighted by atomic mass is 10.0. The van der Waals surface area contributed by atoms with E-state index in [-0.39, 0.29) is 5.78 Å². The lowest BCUT2D eigenvalue weighted by Crippen LogP contribution is -2.01. The minimum Gasteiger partial charge on any atom is -0.497 e. The molecule has 4 heteroatoms. The Morgan fingerprint density at radius 3 is 2.43 bits per heavy atom. The van der Waals surface area contributed by atoms with Crippen molar-refractivity contribution in [2.75, 3.05) is 7.11 Å². The molecule has 0 unspecified atom stereocenters. The van der Waals surface area contributed by atoms with Gasteiger partial charge in [-0.25, -0.2) is 0 Å². The summed E-state index contributed by atoms with van der Waals surface area (Å²) in [6.07, 6.45) is 4.53. The Balaban J connectivity index is 0.000000216. The monoisotopic (exact) mass is 402 g/mol. The Labute approximate surface area is 177 Å². The van der Waals surface area contributed by atoms with Gasteiger partial charge in [-0.2, -0.15) is 0 Å². The lowest BCUT2D eigenvalue weighted by Gasteiger charge is -2.10. The standard InChI is InChI=1S/C18H18O2.C8H8O2/c19-18-9-5-4-8-15-12-16(10-11-17(15)18)20-13-14-6-2-1-3-7-14;1-10-8-4-2-3-7(5-8)6-9/h1-3,6-7,10-12H,4-5,8-9,13H2;2-6H,1H3. The molecule has 3 aromatic carbocycles. The minimum absolute atomic E-state index is 0.270. The molecular formula is C26H26O4. The van der Waals surface area contributed by atoms with Crippen molar-refractivity contribution in [3.05, 3.63) is 95.1 Å². The van der Waals surface area contributed by atoms with Gasteiger partial charge in [0.1, 0.15) is 24.4 Å². The van der Waals surface area contributed by atoms with Crippen LogP contribution in [0.4, 0.5) is 0 Å². The summed E-state index contributed by atoms with van der Waals surface area (Å²) in [5, 5.41) is 0. The first-order valence-electron chi connectivity index (χ1n) is 10.1. The Hall–Kier alpha value is -3.40. The smallest absolute Gasteiger partial charge is 0.163 e. The first kappa shape index (κ1) is 21.3. The van der Waals surface area contributed by atoms with Crippen molar-refractivity contribution in [1.29, 1.82) is 0 Å². The van der Waals surface area contributed by atoms with Gasteiger partial charge in [-0.1, -0.05) is 42.5 Å². The van der Waals surface area contributed by atoms with E-state index in [1.807, 2.05) is 48.5 Å². The molecule has 1 aliphatic carbocycles. The van der Waals surface area contributed by atoms with Gasteiger partial charge in [0.2, 0.25) is 0 Å². The third-order valence-electron chi connectivity index (χ3n) is 4.96. The number of Topliss-reactive ketones (excluding diaryl/α,β-unsaturated/α-hetero) is 1. The molecule has 3 aromatic rings. The van der Waals surface area contributed by atoms with Gasteiger partial charge in [0.15, 0.2) is 5.78 Å². The third-order valence-corrected chi connectivity index (χ3v) is 4.96. The molecule has 0 fully saturated rings. The molecule has 0 atom stereocenters. The zero-order valence-corrected chi connectivity index (χ0v) is 17.2. The van der Waals surface area contributed by atoms with E-state index in [9.17, 15) is 9.59 Å². The molecule has 30 heavy (non-hydrogen) atoms. The van der Waals surface area contributed by atoms with Gasteiger partial charge in [0.05, 0.1) is 7.11 Å². The first-order valence-corrected chi connectivity index (χ1v) is 10.1. The molecule has 0 aliphatic heterocycles. The van der Waals surface area contributed by atoms with Gasteiger partial charge in [-0.3, -0.25) is 9.59 Å². The van der Waals surface area contributed by atoms with Crippen LogP contribution in [0.1, 0.15) is 51.1 Å². The molecule has 0 bridgehead atoms. The number of fused-ring (bicyclic) bond motifs is 1. The van der Waals surface area contributed by atoms with Crippen molar-refractivity contribution in [3.8, 4) is 11.5 Å². The van der Waals surface area contributed by atoms with E-state index in [2.05, 4.69) is 0 Å². The summed E-state index contributed by atoms with van der Waals surface area (Å²) in [4.78, 5) is 22.2. The molecular weight excluding hydrogens is 376 g/mol. The molecule has 1 aliphatic rings. The normalized spacial score (nSPS) is 12.6. The number of aldehydes is 1. The number of benzene rings is 3. The van der Waals surface area contributed by atoms with Crippen molar-refractivity contribution in [3.63, 3.8) is 0 Å². The number of carbonyl (C=O) groups excluding carboxylic acids is 2. The molecule has 4 nitrogen and oxygen atoms in total. The number of hydrogen-bond donors (Lipinski definition) is 0. The Bertz CT molecular complexity index is 979. The van der Waals surface area contributed by atoms with E-state index in [1.54, 1.807) is 31.4 Å². The van der Waals surface area contributed by atoms with Crippen molar-refractivity contribution in [1.82, 2.24) is 0 Å². The Morgan fingerprint density at radius 1 is 0.867 bits per heavy atom. The topological polar surface area (TPSA) is 52.6 Å². The van der Waals surface area contributed by atoms with Gasteiger partial charge in [0.25, 0.3) is 0 Å². The van der Waals surface area contributed by atoms with E-state index in [4.69, 9.17) is 9.47 Å². The van der Waals surface area contributed by atoms with Crippen LogP contribution >= 0.6 is 0 Å². The first-order chi connectivity index (χ1) is 14.7. The van der Waals surface area contributed by atoms with E-state index < -0.39 is 0 Å². The summed E-state index contributed by atoms with van der Waals surface area (Å²) in [6.45, 7) is 0.563. The summed E-state index contributed by atoms with van der Waals surface area (Å²) in [6, 6.07) is 23.0. The minimum atomic E-state index is 0.270. The van der Waals surface area contributed by atoms with E-state index >= 15 is 0 Å². The van der Waals surface area contributed by atoms with Crippen molar-refractivity contribution in [2.24, 2.45) is 0 Å². The fourth-order valence-electron chi connectivity index (χ4n) is 3.33. The molecule has 0 N–H and O–H groups in total. The molecule has 0 heterocycles. The Morgan fingerprint density at radius 2 is 1.67 bits per heavy atom. The molecule has 0 spiro atoms. The largest absolute Gasteiger partial charge is 0.497 e. The molecule has 0 saturated carbocycles. The highest BCUT2D eigenvalue weighted by atomic mass is 16.5. The molecule has 154 valence electrons. The van der Waals surface area contributed by atoms with Gasteiger partial charge in [-0.15, -0.1) is 0 Å². The van der Waals surface area contributed by atoms with Crippen LogP contribution in [0.25, 0.3) is 0 Å². The van der Waals surface area contributed by atoms with Crippen molar-refractivity contribution in [2.45, 2.75) is 32.3 Å². The number of hydrogen-bond acceptors (Lipinski definition) is 4. The number of ketones is 1. The maximum Gasteiger partial charge on any atom is 0.163 e. The molecule has 4 rings (SSSR count). The molecule has 0 radical (unpaired) electrons. The van der Waals surface area contributed by atoms with Gasteiger partial charge in [-0.05, 0) is 60.7 Å². The number of carbonyl (C=O) groups is 2. The number of methoxy groups -OCH3 is 1. The summed E-state index contributed by atoms with van der Waals surface area (Å²) >= 11 is 0. The number of rotatable bonds is 5. The van der Waals surface area contributed by atoms with Crippen LogP contribution in [-0.4, -0.2) is 19.2 Å². The lowest BCUT2D eigenvalue weighted by molar-refractivity contribution is 0.0981. The number of ether oxygens (including phenoxy) is 2. The number of aryl methyl sites for hydroxylation is 1. The Kier molecular flexibility index (Phi) is 7.78. The highest BCUT2D eigenvalue weighted by Gasteiger charge is 2.15. The highest BCUT2D eigenvalue weighted by Crippen LogP contribution is 2.25. The van der Waals surface area contributed by atoms with Crippen molar-refractivity contribution < 1.29 is 19.1 Å². The summed E-state index contributed by atoms with van der Waals surface area (Å²) < 4.78 is 10.7.